The Labute approximate surface area is 131 Å². The summed E-state index contributed by atoms with van der Waals surface area (Å²) in [5.41, 5.74) is 0.293. The summed E-state index contributed by atoms with van der Waals surface area (Å²) in [5.74, 6) is 2.85. The lowest BCUT2D eigenvalue weighted by Gasteiger charge is -2.48. The Bertz CT molecular complexity index is 305. The van der Waals surface area contributed by atoms with Gasteiger partial charge in [-0.3, -0.25) is 0 Å². The Morgan fingerprint density at radius 3 is 2.62 bits per heavy atom. The van der Waals surface area contributed by atoms with E-state index >= 15 is 0 Å². The average Bonchev–Trinajstić information content (AvgIpc) is 2.54. The molecule has 2 nitrogen and oxygen atoms in total. The largest absolute Gasteiger partial charge is 0.375 e. The first-order valence-corrected chi connectivity index (χ1v) is 9.68. The van der Waals surface area contributed by atoms with Crippen LogP contribution in [0.1, 0.15) is 77.6 Å². The van der Waals surface area contributed by atoms with Crippen molar-refractivity contribution in [2.75, 3.05) is 19.7 Å². The molecule has 1 heterocycles. The third kappa shape index (κ3) is 3.82. The molecule has 122 valence electrons. The fraction of sp³-hybridized carbons (Fsp3) is 1.00. The molecule has 3 fully saturated rings. The summed E-state index contributed by atoms with van der Waals surface area (Å²) >= 11 is 0. The number of rotatable bonds is 4. The predicted octanol–water partition coefficient (Wildman–Crippen LogP) is 4.53. The molecule has 0 bridgehead atoms. The van der Waals surface area contributed by atoms with Crippen LogP contribution in [0.25, 0.3) is 0 Å². The topological polar surface area (TPSA) is 21.3 Å². The second kappa shape index (κ2) is 7.46. The molecule has 0 radical (unpaired) electrons. The zero-order valence-electron chi connectivity index (χ0n) is 14.0. The van der Waals surface area contributed by atoms with Crippen LogP contribution in [0.3, 0.4) is 0 Å². The third-order valence-electron chi connectivity index (χ3n) is 6.53. The van der Waals surface area contributed by atoms with Gasteiger partial charge in [0.05, 0.1) is 5.60 Å². The minimum atomic E-state index is 0.293. The van der Waals surface area contributed by atoms with Crippen molar-refractivity contribution < 1.29 is 4.74 Å². The highest BCUT2D eigenvalue weighted by Crippen LogP contribution is 2.47. The lowest BCUT2D eigenvalue weighted by Crippen LogP contribution is -2.45. The molecule has 21 heavy (non-hydrogen) atoms. The predicted molar refractivity (Wildman–Crippen MR) is 88.5 cm³/mol. The lowest BCUT2D eigenvalue weighted by molar-refractivity contribution is -0.130. The van der Waals surface area contributed by atoms with Crippen molar-refractivity contribution in [3.05, 3.63) is 0 Å². The molecule has 1 N–H and O–H groups in total. The van der Waals surface area contributed by atoms with Crippen molar-refractivity contribution in [2.24, 2.45) is 17.8 Å². The van der Waals surface area contributed by atoms with Gasteiger partial charge in [-0.25, -0.2) is 0 Å². The summed E-state index contributed by atoms with van der Waals surface area (Å²) < 4.78 is 6.33. The number of ether oxygens (including phenoxy) is 1. The summed E-state index contributed by atoms with van der Waals surface area (Å²) in [6, 6.07) is 0. The fourth-order valence-electron chi connectivity index (χ4n) is 5.42. The Balaban J connectivity index is 1.63. The minimum absolute atomic E-state index is 0.293. The smallest absolute Gasteiger partial charge is 0.0685 e. The molecule has 0 aromatic carbocycles. The van der Waals surface area contributed by atoms with Crippen LogP contribution in [0.4, 0.5) is 0 Å². The maximum absolute atomic E-state index is 6.33. The van der Waals surface area contributed by atoms with Gasteiger partial charge in [0.1, 0.15) is 0 Å². The van der Waals surface area contributed by atoms with Crippen LogP contribution >= 0.6 is 0 Å². The highest BCUT2D eigenvalue weighted by Gasteiger charge is 2.42. The summed E-state index contributed by atoms with van der Waals surface area (Å²) in [4.78, 5) is 0. The van der Waals surface area contributed by atoms with Gasteiger partial charge in [-0.2, -0.15) is 0 Å². The van der Waals surface area contributed by atoms with Gasteiger partial charge in [0.2, 0.25) is 0 Å². The normalized spacial score (nSPS) is 36.7. The fourth-order valence-corrected chi connectivity index (χ4v) is 5.42. The minimum Gasteiger partial charge on any atom is -0.375 e. The highest BCUT2D eigenvalue weighted by atomic mass is 16.5. The maximum Gasteiger partial charge on any atom is 0.0685 e. The van der Waals surface area contributed by atoms with Crippen LogP contribution in [0.15, 0.2) is 0 Å². The van der Waals surface area contributed by atoms with E-state index in [4.69, 9.17) is 4.74 Å². The van der Waals surface area contributed by atoms with E-state index in [1.165, 1.54) is 77.2 Å². The molecule has 1 spiro atoms. The molecule has 3 atom stereocenters. The summed E-state index contributed by atoms with van der Waals surface area (Å²) in [6.45, 7) is 5.66. The molecule has 1 saturated heterocycles. The van der Waals surface area contributed by atoms with Gasteiger partial charge in [-0.05, 0) is 69.4 Å². The number of nitrogens with one attached hydrogen (secondary N) is 1. The van der Waals surface area contributed by atoms with Gasteiger partial charge >= 0.3 is 0 Å². The van der Waals surface area contributed by atoms with Crippen molar-refractivity contribution >= 4 is 0 Å². The van der Waals surface area contributed by atoms with Gasteiger partial charge in [-0.1, -0.05) is 39.0 Å². The van der Waals surface area contributed by atoms with E-state index < -0.39 is 0 Å². The summed E-state index contributed by atoms with van der Waals surface area (Å²) in [5, 5.41) is 3.63. The highest BCUT2D eigenvalue weighted by molar-refractivity contribution is 4.93. The van der Waals surface area contributed by atoms with E-state index in [2.05, 4.69) is 12.2 Å². The number of hydrogen-bond acceptors (Lipinski definition) is 2. The number of hydrogen-bond donors (Lipinski definition) is 1. The molecule has 0 aromatic rings. The van der Waals surface area contributed by atoms with E-state index in [1.807, 2.05) is 0 Å². The molecule has 2 saturated carbocycles. The van der Waals surface area contributed by atoms with Gasteiger partial charge in [0, 0.05) is 6.61 Å². The van der Waals surface area contributed by atoms with E-state index in [9.17, 15) is 0 Å². The SMILES string of the molecule is CCNCC1CCCCC1C1CCOC2(CCCCC2)C1. The summed E-state index contributed by atoms with van der Waals surface area (Å²) in [7, 11) is 0. The van der Waals surface area contributed by atoms with Crippen LogP contribution in [0.5, 0.6) is 0 Å². The van der Waals surface area contributed by atoms with Crippen LogP contribution in [-0.2, 0) is 4.74 Å². The van der Waals surface area contributed by atoms with Gasteiger partial charge < -0.3 is 10.1 Å². The van der Waals surface area contributed by atoms with Crippen LogP contribution in [0, 0.1) is 17.8 Å². The van der Waals surface area contributed by atoms with Gasteiger partial charge in [0.15, 0.2) is 0 Å². The van der Waals surface area contributed by atoms with Crippen LogP contribution in [-0.4, -0.2) is 25.3 Å². The first-order chi connectivity index (χ1) is 10.3. The van der Waals surface area contributed by atoms with Crippen LogP contribution in [0.2, 0.25) is 0 Å². The molecule has 0 aromatic heterocycles. The molecule has 0 amide bonds. The Morgan fingerprint density at radius 1 is 1.00 bits per heavy atom. The Kier molecular flexibility index (Phi) is 5.61. The first-order valence-electron chi connectivity index (χ1n) is 9.68. The monoisotopic (exact) mass is 293 g/mol. The third-order valence-corrected chi connectivity index (χ3v) is 6.53. The maximum atomic E-state index is 6.33. The second-order valence-corrected chi connectivity index (χ2v) is 7.86. The van der Waals surface area contributed by atoms with E-state index in [-0.39, 0.29) is 0 Å². The van der Waals surface area contributed by atoms with E-state index in [1.54, 1.807) is 0 Å². The molecule has 2 aliphatic carbocycles. The quantitative estimate of drug-likeness (QED) is 0.822. The van der Waals surface area contributed by atoms with Gasteiger partial charge in [-0.15, -0.1) is 0 Å². The van der Waals surface area contributed by atoms with Crippen molar-refractivity contribution in [3.8, 4) is 0 Å². The zero-order chi connectivity index (χ0) is 14.5. The molecular weight excluding hydrogens is 258 g/mol. The van der Waals surface area contributed by atoms with Crippen molar-refractivity contribution in [2.45, 2.75) is 83.2 Å². The standard InChI is InChI=1S/C19H35NO/c1-2-20-15-17-8-4-5-9-18(17)16-10-13-21-19(14-16)11-6-3-7-12-19/h16-18,20H,2-15H2,1H3. The van der Waals surface area contributed by atoms with E-state index in [0.717, 1.165) is 30.9 Å². The van der Waals surface area contributed by atoms with Crippen molar-refractivity contribution in [1.82, 2.24) is 5.32 Å². The van der Waals surface area contributed by atoms with Gasteiger partial charge in [0.25, 0.3) is 0 Å². The lowest BCUT2D eigenvalue weighted by atomic mass is 9.65. The zero-order valence-corrected chi connectivity index (χ0v) is 14.0. The molecular formula is C19H35NO. The van der Waals surface area contributed by atoms with Crippen LogP contribution < -0.4 is 5.32 Å². The Hall–Kier alpha value is -0.0800. The molecule has 2 heteroatoms. The molecule has 1 aliphatic heterocycles. The first kappa shape index (κ1) is 15.8. The Morgan fingerprint density at radius 2 is 1.81 bits per heavy atom. The second-order valence-electron chi connectivity index (χ2n) is 7.86. The van der Waals surface area contributed by atoms with E-state index in [0.29, 0.717) is 5.60 Å². The molecule has 3 unspecified atom stereocenters. The van der Waals surface area contributed by atoms with Crippen molar-refractivity contribution in [1.29, 1.82) is 0 Å². The molecule has 3 rings (SSSR count). The summed E-state index contributed by atoms with van der Waals surface area (Å²) in [6.07, 6.45) is 15.5. The average molecular weight is 293 g/mol. The molecule has 3 aliphatic rings. The van der Waals surface area contributed by atoms with Crippen molar-refractivity contribution in [3.63, 3.8) is 0 Å².